The van der Waals surface area contributed by atoms with E-state index in [0.29, 0.717) is 19.6 Å². The molecular weight excluding hydrogens is 384 g/mol. The van der Waals surface area contributed by atoms with Crippen molar-refractivity contribution in [2.24, 2.45) is 0 Å². The van der Waals surface area contributed by atoms with E-state index in [1.165, 1.54) is 0 Å². The molecule has 8 amide bonds. The first-order valence-electron chi connectivity index (χ1n) is 7.31. The third-order valence-corrected chi connectivity index (χ3v) is 5.33. The summed E-state index contributed by atoms with van der Waals surface area (Å²) >= 11 is 0. The van der Waals surface area contributed by atoms with Gasteiger partial charge in [-0.15, -0.1) is 0 Å². The smallest absolute Gasteiger partial charge is 0.333 e. The summed E-state index contributed by atoms with van der Waals surface area (Å²) in [4.78, 5) is 74.7. The van der Waals surface area contributed by atoms with Crippen LogP contribution in [0.15, 0.2) is 10.5 Å². The van der Waals surface area contributed by atoms with Crippen molar-refractivity contribution in [2.75, 3.05) is 34.4 Å². The maximum atomic E-state index is 12.6. The number of barbiturate groups is 2. The van der Waals surface area contributed by atoms with E-state index in [1.54, 1.807) is 0 Å². The van der Waals surface area contributed by atoms with Gasteiger partial charge >= 0.3 is 12.1 Å². The molecule has 12 nitrogen and oxygen atoms in total. The fourth-order valence-corrected chi connectivity index (χ4v) is 3.78. The molecule has 13 heteroatoms. The molecule has 146 valence electrons. The van der Waals surface area contributed by atoms with E-state index < -0.39 is 62.6 Å². The zero-order valence-corrected chi connectivity index (χ0v) is 15.8. The molecule has 0 saturated carbocycles. The average Bonchev–Trinajstić information content (AvgIpc) is 2.63. The first-order chi connectivity index (χ1) is 12.3. The van der Waals surface area contributed by atoms with Gasteiger partial charge in [0.25, 0.3) is 29.2 Å². The predicted molar refractivity (Wildman–Crippen MR) is 87.9 cm³/mol. The van der Waals surface area contributed by atoms with Gasteiger partial charge < -0.3 is 5.11 Å². The molecule has 27 heavy (non-hydrogen) atoms. The minimum Gasteiger partial charge on any atom is -0.368 e. The van der Waals surface area contributed by atoms with Crippen molar-refractivity contribution in [1.82, 2.24) is 19.6 Å². The lowest BCUT2D eigenvalue weighted by molar-refractivity contribution is -0.162. The SMILES string of the molecule is CN1C(=O)C(=C(S(C)=O)C2(O)C(=O)N(C)C(=O)N(C)C2=O)C(=O)N(C)C1=O. The van der Waals surface area contributed by atoms with E-state index >= 15 is 0 Å². The molecule has 0 aromatic carbocycles. The van der Waals surface area contributed by atoms with Crippen molar-refractivity contribution in [1.29, 1.82) is 0 Å². The van der Waals surface area contributed by atoms with Gasteiger partial charge in [0, 0.05) is 34.4 Å². The molecule has 2 aliphatic heterocycles. The number of hydrogen-bond acceptors (Lipinski definition) is 8. The molecule has 0 spiro atoms. The van der Waals surface area contributed by atoms with Crippen molar-refractivity contribution in [3.63, 3.8) is 0 Å². The van der Waals surface area contributed by atoms with Gasteiger partial charge in [-0.25, -0.2) is 9.59 Å². The Labute approximate surface area is 155 Å². The second-order valence-corrected chi connectivity index (χ2v) is 7.21. The molecule has 1 unspecified atom stereocenters. The summed E-state index contributed by atoms with van der Waals surface area (Å²) < 4.78 is 12.4. The molecule has 2 saturated heterocycles. The lowest BCUT2D eigenvalue weighted by Gasteiger charge is -2.40. The quantitative estimate of drug-likeness (QED) is 0.302. The molecule has 1 N–H and O–H groups in total. The lowest BCUT2D eigenvalue weighted by Crippen LogP contribution is -2.69. The van der Waals surface area contributed by atoms with Crippen molar-refractivity contribution >= 4 is 46.5 Å². The van der Waals surface area contributed by atoms with Gasteiger partial charge in [0.05, 0.1) is 15.7 Å². The number of carbonyl (C=O) groups excluding carboxylic acids is 6. The van der Waals surface area contributed by atoms with Gasteiger partial charge in [-0.05, 0) is 0 Å². The summed E-state index contributed by atoms with van der Waals surface area (Å²) in [6.45, 7) is 0. The highest BCUT2D eigenvalue weighted by Crippen LogP contribution is 2.33. The standard InChI is InChI=1S/C14H16N4O8S/c1-15-8(19)6(9(20)16(2)12(15)23)7(27(5)26)14(25)10(21)17(3)13(24)18(4)11(14)22/h25H,1-5H3. The van der Waals surface area contributed by atoms with Crippen molar-refractivity contribution in [3.8, 4) is 0 Å². The summed E-state index contributed by atoms with van der Waals surface area (Å²) in [7, 11) is 1.60. The Morgan fingerprint density at radius 2 is 1.11 bits per heavy atom. The van der Waals surface area contributed by atoms with E-state index in [2.05, 4.69) is 0 Å². The number of rotatable bonds is 2. The zero-order chi connectivity index (χ0) is 21.0. The summed E-state index contributed by atoms with van der Waals surface area (Å²) in [5.41, 5.74) is -4.19. The Hall–Kier alpha value is -2.93. The van der Waals surface area contributed by atoms with Crippen molar-refractivity contribution < 1.29 is 38.1 Å². The third-order valence-electron chi connectivity index (χ3n) is 4.26. The van der Waals surface area contributed by atoms with E-state index in [1.807, 2.05) is 0 Å². The van der Waals surface area contributed by atoms with Crippen LogP contribution < -0.4 is 0 Å². The second-order valence-electron chi connectivity index (χ2n) is 5.89. The molecule has 0 aromatic heterocycles. The maximum absolute atomic E-state index is 12.6. The number of nitrogens with zero attached hydrogens (tertiary/aromatic N) is 4. The van der Waals surface area contributed by atoms with E-state index in [0.717, 1.165) is 34.4 Å². The third kappa shape index (κ3) is 2.57. The summed E-state index contributed by atoms with van der Waals surface area (Å²) in [6, 6.07) is -2.06. The highest BCUT2D eigenvalue weighted by molar-refractivity contribution is 7.88. The van der Waals surface area contributed by atoms with E-state index in [4.69, 9.17) is 0 Å². The Kier molecular flexibility index (Phi) is 4.79. The van der Waals surface area contributed by atoms with Crippen LogP contribution in [0, 0.1) is 0 Å². The number of imide groups is 4. The molecule has 0 bridgehead atoms. The number of likely N-dealkylation sites (N-methyl/N-ethyl adjacent to an activating group) is 4. The van der Waals surface area contributed by atoms with Crippen LogP contribution in [-0.4, -0.2) is 105 Å². The molecule has 1 atom stereocenters. The fourth-order valence-electron chi connectivity index (χ4n) is 2.72. The van der Waals surface area contributed by atoms with Crippen LogP contribution in [0.5, 0.6) is 0 Å². The molecule has 2 heterocycles. The molecular formula is C14H16N4O8S. The van der Waals surface area contributed by atoms with Gasteiger partial charge in [0.2, 0.25) is 0 Å². The normalized spacial score (nSPS) is 22.1. The Bertz CT molecular complexity index is 828. The molecule has 2 aliphatic rings. The Balaban J connectivity index is 2.88. The topological polar surface area (TPSA) is 153 Å². The predicted octanol–water partition coefficient (Wildman–Crippen LogP) is -2.55. The first-order valence-corrected chi connectivity index (χ1v) is 8.86. The number of aliphatic hydroxyl groups is 1. The number of carbonyl (C=O) groups is 6. The minimum absolute atomic E-state index is 0.394. The molecule has 0 aliphatic carbocycles. The van der Waals surface area contributed by atoms with Crippen LogP contribution in [0.4, 0.5) is 9.59 Å². The van der Waals surface area contributed by atoms with Crippen LogP contribution in [0.2, 0.25) is 0 Å². The maximum Gasteiger partial charge on any atom is 0.333 e. The van der Waals surface area contributed by atoms with E-state index in [9.17, 15) is 38.1 Å². The highest BCUT2D eigenvalue weighted by Gasteiger charge is 2.61. The Morgan fingerprint density at radius 1 is 0.778 bits per heavy atom. The fraction of sp³-hybridized carbons (Fsp3) is 0.429. The largest absolute Gasteiger partial charge is 0.368 e. The number of urea groups is 2. The Morgan fingerprint density at radius 3 is 1.44 bits per heavy atom. The van der Waals surface area contributed by atoms with Crippen LogP contribution in [0.25, 0.3) is 0 Å². The summed E-state index contributed by atoms with van der Waals surface area (Å²) in [6.07, 6.45) is 0.939. The van der Waals surface area contributed by atoms with Crippen LogP contribution >= 0.6 is 0 Å². The molecule has 0 aromatic rings. The molecule has 2 rings (SSSR count). The highest BCUT2D eigenvalue weighted by atomic mass is 32.2. The zero-order valence-electron chi connectivity index (χ0n) is 15.0. The van der Waals surface area contributed by atoms with Crippen LogP contribution in [0.1, 0.15) is 0 Å². The number of hydrogen-bond donors (Lipinski definition) is 1. The van der Waals surface area contributed by atoms with Gasteiger partial charge in [-0.2, -0.15) is 0 Å². The second kappa shape index (κ2) is 6.35. The van der Waals surface area contributed by atoms with Crippen molar-refractivity contribution in [2.45, 2.75) is 5.60 Å². The molecule has 2 fully saturated rings. The van der Waals surface area contributed by atoms with Crippen LogP contribution in [0.3, 0.4) is 0 Å². The van der Waals surface area contributed by atoms with E-state index in [-0.39, 0.29) is 0 Å². The molecule has 0 radical (unpaired) electrons. The minimum atomic E-state index is -3.24. The first kappa shape index (κ1) is 20.4. The van der Waals surface area contributed by atoms with Gasteiger partial charge in [0.1, 0.15) is 5.57 Å². The van der Waals surface area contributed by atoms with Gasteiger partial charge in [0.15, 0.2) is 0 Å². The summed E-state index contributed by atoms with van der Waals surface area (Å²) in [5, 5.41) is 10.9. The van der Waals surface area contributed by atoms with Crippen molar-refractivity contribution in [3.05, 3.63) is 10.5 Å². The summed E-state index contributed by atoms with van der Waals surface area (Å²) in [5.74, 6) is -5.44. The monoisotopic (exact) mass is 400 g/mol. The van der Waals surface area contributed by atoms with Crippen LogP contribution in [-0.2, 0) is 30.0 Å². The van der Waals surface area contributed by atoms with Gasteiger partial charge in [-0.3, -0.25) is 43.0 Å². The van der Waals surface area contributed by atoms with Gasteiger partial charge in [-0.1, -0.05) is 0 Å². The lowest BCUT2D eigenvalue weighted by atomic mass is 9.93. The average molecular weight is 400 g/mol. The number of amides is 8.